The molecule has 1 saturated heterocycles. The molecule has 0 bridgehead atoms. The summed E-state index contributed by atoms with van der Waals surface area (Å²) < 4.78 is 46.8. The van der Waals surface area contributed by atoms with Crippen LogP contribution in [0.4, 0.5) is 24.0 Å². The normalized spacial score (nSPS) is 19.4. The van der Waals surface area contributed by atoms with Crippen molar-refractivity contribution in [2.75, 3.05) is 5.32 Å². The smallest absolute Gasteiger partial charge is 0.377 e. The van der Waals surface area contributed by atoms with Gasteiger partial charge < -0.3 is 15.2 Å². The Balaban J connectivity index is 1.81. The summed E-state index contributed by atoms with van der Waals surface area (Å²) in [5.74, 6) is 0. The molecule has 0 aliphatic carbocycles. The maximum Gasteiger partial charge on any atom is 0.437 e. The molecule has 1 aromatic carbocycles. The summed E-state index contributed by atoms with van der Waals surface area (Å²) in [6.45, 7) is 9.72. The molecule has 10 heteroatoms. The van der Waals surface area contributed by atoms with Crippen molar-refractivity contribution < 1.29 is 17.7 Å². The maximum atomic E-state index is 13.6. The standard InChI is InChI=1S/C22H26F3N5OS/c1-12-16(26-13-10-20(2,3)30-21(4,5)11-13)18(31-29-17(12)22(23,24)25)28-19-27-14-8-6-7-9-15(14)32-19/h6-9,13,26,30H,10-11H2,1-5H3. The van der Waals surface area contributed by atoms with Crippen molar-refractivity contribution >= 4 is 32.4 Å². The van der Waals surface area contributed by atoms with Gasteiger partial charge >= 0.3 is 6.18 Å². The first kappa shape index (κ1) is 22.7. The monoisotopic (exact) mass is 465 g/mol. The summed E-state index contributed by atoms with van der Waals surface area (Å²) in [4.78, 5) is 8.88. The number of halogens is 3. The first-order valence-corrected chi connectivity index (χ1v) is 11.2. The van der Waals surface area contributed by atoms with E-state index in [1.807, 2.05) is 24.3 Å². The fourth-order valence-electron chi connectivity index (χ4n) is 4.62. The van der Waals surface area contributed by atoms with Crippen LogP contribution in [-0.2, 0) is 6.18 Å². The zero-order valence-corrected chi connectivity index (χ0v) is 19.4. The number of aromatic nitrogens is 2. The van der Waals surface area contributed by atoms with Gasteiger partial charge in [-0.3, -0.25) is 0 Å². The van der Waals surface area contributed by atoms with Crippen LogP contribution in [-0.4, -0.2) is 27.3 Å². The van der Waals surface area contributed by atoms with Gasteiger partial charge in [-0.25, -0.2) is 4.98 Å². The predicted octanol–water partition coefficient (Wildman–Crippen LogP) is 5.57. The predicted molar refractivity (Wildman–Crippen MR) is 119 cm³/mol. The number of anilines is 1. The van der Waals surface area contributed by atoms with Gasteiger partial charge in [0.25, 0.3) is 5.55 Å². The Labute approximate surface area is 188 Å². The topological polar surface area (TPSA) is 75.3 Å². The summed E-state index contributed by atoms with van der Waals surface area (Å²) in [5, 5.41) is 10.6. The Morgan fingerprint density at radius 1 is 1.16 bits per heavy atom. The van der Waals surface area contributed by atoms with Crippen LogP contribution < -0.4 is 16.2 Å². The van der Waals surface area contributed by atoms with Crippen molar-refractivity contribution in [3.8, 4) is 0 Å². The largest absolute Gasteiger partial charge is 0.437 e. The number of nitrogens with zero attached hydrogens (tertiary/aromatic N) is 3. The third-order valence-electron chi connectivity index (χ3n) is 5.45. The van der Waals surface area contributed by atoms with E-state index >= 15 is 0 Å². The molecule has 172 valence electrons. The highest BCUT2D eigenvalue weighted by Gasteiger charge is 2.40. The molecule has 0 atom stereocenters. The van der Waals surface area contributed by atoms with E-state index in [1.54, 1.807) is 0 Å². The minimum absolute atomic E-state index is 0.0105. The zero-order valence-electron chi connectivity index (χ0n) is 18.6. The second kappa shape index (κ2) is 7.84. The number of hydrogen-bond donors (Lipinski definition) is 2. The van der Waals surface area contributed by atoms with Crippen molar-refractivity contribution in [3.63, 3.8) is 0 Å². The molecule has 32 heavy (non-hydrogen) atoms. The third kappa shape index (κ3) is 4.80. The van der Waals surface area contributed by atoms with E-state index in [4.69, 9.17) is 4.52 Å². The number of alkyl halides is 3. The van der Waals surface area contributed by atoms with E-state index in [0.29, 0.717) is 5.13 Å². The SMILES string of the molecule is Cc1c(C(F)(F)F)noc(=Nc2nc3ccccc3s2)c1NC1CC(C)(C)NC(C)(C)C1. The molecule has 2 N–H and O–H groups in total. The van der Waals surface area contributed by atoms with Crippen LogP contribution in [0.2, 0.25) is 0 Å². The molecule has 4 rings (SSSR count). The van der Waals surface area contributed by atoms with Crippen LogP contribution in [0.3, 0.4) is 0 Å². The molecule has 3 aromatic rings. The lowest BCUT2D eigenvalue weighted by Gasteiger charge is -2.47. The quantitative estimate of drug-likeness (QED) is 0.529. The van der Waals surface area contributed by atoms with Crippen molar-refractivity contribution in [2.45, 2.75) is 70.8 Å². The summed E-state index contributed by atoms with van der Waals surface area (Å²) in [6.07, 6.45) is -3.19. The van der Waals surface area contributed by atoms with Crippen LogP contribution >= 0.6 is 11.3 Å². The third-order valence-corrected chi connectivity index (χ3v) is 6.38. The Kier molecular flexibility index (Phi) is 5.57. The lowest BCUT2D eigenvalue weighted by molar-refractivity contribution is -0.144. The average molecular weight is 466 g/mol. The number of hydrogen-bond acceptors (Lipinski definition) is 7. The molecule has 0 unspecified atom stereocenters. The molecule has 0 amide bonds. The van der Waals surface area contributed by atoms with Gasteiger partial charge in [-0.15, -0.1) is 0 Å². The van der Waals surface area contributed by atoms with E-state index in [-0.39, 0.29) is 33.9 Å². The van der Waals surface area contributed by atoms with Crippen LogP contribution in [0.1, 0.15) is 51.8 Å². The van der Waals surface area contributed by atoms with Crippen molar-refractivity contribution in [1.29, 1.82) is 0 Å². The van der Waals surface area contributed by atoms with Gasteiger partial charge in [0, 0.05) is 22.7 Å². The molecule has 1 fully saturated rings. The molecule has 2 aromatic heterocycles. The molecule has 1 aliphatic rings. The van der Waals surface area contributed by atoms with Gasteiger partial charge in [0.1, 0.15) is 5.69 Å². The summed E-state index contributed by atoms with van der Waals surface area (Å²) in [5.41, 5.74) is -0.518. The zero-order chi connectivity index (χ0) is 23.3. The highest BCUT2D eigenvalue weighted by molar-refractivity contribution is 7.21. The molecule has 1 aliphatic heterocycles. The molecule has 0 radical (unpaired) electrons. The second-order valence-electron chi connectivity index (χ2n) is 9.55. The fraction of sp³-hybridized carbons (Fsp3) is 0.500. The average Bonchev–Trinajstić information content (AvgIpc) is 3.03. The van der Waals surface area contributed by atoms with Gasteiger partial charge in [0.2, 0.25) is 5.13 Å². The Hall–Kier alpha value is -2.46. The van der Waals surface area contributed by atoms with Gasteiger partial charge in [0.05, 0.1) is 10.2 Å². The molecule has 6 nitrogen and oxygen atoms in total. The Bertz CT molecular complexity index is 1160. The number of nitrogens with one attached hydrogen (secondary N) is 2. The number of piperidine rings is 1. The van der Waals surface area contributed by atoms with E-state index < -0.39 is 11.9 Å². The Morgan fingerprint density at radius 3 is 2.44 bits per heavy atom. The number of thiazole rings is 1. The summed E-state index contributed by atoms with van der Waals surface area (Å²) in [7, 11) is 0. The van der Waals surface area contributed by atoms with Gasteiger partial charge in [-0.2, -0.15) is 18.2 Å². The number of rotatable bonds is 3. The van der Waals surface area contributed by atoms with Crippen LogP contribution in [0.5, 0.6) is 0 Å². The van der Waals surface area contributed by atoms with Gasteiger partial charge in [0.15, 0.2) is 5.69 Å². The Morgan fingerprint density at radius 2 is 1.81 bits per heavy atom. The van der Waals surface area contributed by atoms with Crippen molar-refractivity contribution in [1.82, 2.24) is 15.5 Å². The summed E-state index contributed by atoms with van der Waals surface area (Å²) >= 11 is 1.34. The highest BCUT2D eigenvalue weighted by Crippen LogP contribution is 2.35. The molecule has 3 heterocycles. The molecular formula is C22H26F3N5OS. The van der Waals surface area contributed by atoms with E-state index in [1.165, 1.54) is 18.3 Å². The number of para-hydroxylation sites is 1. The van der Waals surface area contributed by atoms with Crippen molar-refractivity contribution in [2.24, 2.45) is 4.99 Å². The minimum Gasteiger partial charge on any atom is -0.377 e. The first-order valence-electron chi connectivity index (χ1n) is 10.4. The van der Waals surface area contributed by atoms with Crippen LogP contribution in [0.15, 0.2) is 33.8 Å². The first-order chi connectivity index (χ1) is 14.8. The molecule has 0 spiro atoms. The maximum absolute atomic E-state index is 13.6. The van der Waals surface area contributed by atoms with Crippen LogP contribution in [0.25, 0.3) is 10.2 Å². The van der Waals surface area contributed by atoms with Gasteiger partial charge in [-0.1, -0.05) is 28.6 Å². The van der Waals surface area contributed by atoms with Gasteiger partial charge in [-0.05, 0) is 59.6 Å². The number of fused-ring (bicyclic) bond motifs is 1. The van der Waals surface area contributed by atoms with E-state index in [9.17, 15) is 13.2 Å². The van der Waals surface area contributed by atoms with E-state index in [0.717, 1.165) is 23.1 Å². The van der Waals surface area contributed by atoms with E-state index in [2.05, 4.69) is 53.5 Å². The minimum atomic E-state index is -4.63. The highest BCUT2D eigenvalue weighted by atomic mass is 32.1. The summed E-state index contributed by atoms with van der Waals surface area (Å²) in [6, 6.07) is 7.46. The number of benzene rings is 1. The second-order valence-corrected chi connectivity index (χ2v) is 10.6. The fourth-order valence-corrected chi connectivity index (χ4v) is 5.45. The van der Waals surface area contributed by atoms with Crippen LogP contribution in [0, 0.1) is 6.92 Å². The lowest BCUT2D eigenvalue weighted by Crippen LogP contribution is -2.60. The van der Waals surface area contributed by atoms with Crippen molar-refractivity contribution in [3.05, 3.63) is 41.1 Å². The lowest BCUT2D eigenvalue weighted by atomic mass is 9.79. The molecule has 0 saturated carbocycles. The molecular weight excluding hydrogens is 439 g/mol.